The van der Waals surface area contributed by atoms with Gasteiger partial charge in [-0.25, -0.2) is 0 Å². The molecule has 1 fully saturated rings. The fraction of sp³-hybridized carbons (Fsp3) is 0.733. The van der Waals surface area contributed by atoms with E-state index in [9.17, 15) is 0 Å². The number of rotatable bonds is 5. The number of hydrogen-bond acceptors (Lipinski definition) is 3. The molecule has 3 nitrogen and oxygen atoms in total. The van der Waals surface area contributed by atoms with Gasteiger partial charge in [0.05, 0.1) is 13.1 Å². The van der Waals surface area contributed by atoms with Crippen molar-refractivity contribution in [2.24, 2.45) is 0 Å². The highest BCUT2D eigenvalue weighted by atomic mass is 16.3. The van der Waals surface area contributed by atoms with Gasteiger partial charge in [-0.3, -0.25) is 4.90 Å². The summed E-state index contributed by atoms with van der Waals surface area (Å²) in [6.45, 7) is 9.55. The average Bonchev–Trinajstić information content (AvgIpc) is 2.79. The van der Waals surface area contributed by atoms with Gasteiger partial charge in [0.1, 0.15) is 11.5 Å². The molecule has 0 radical (unpaired) electrons. The summed E-state index contributed by atoms with van der Waals surface area (Å²) in [7, 11) is 0. The van der Waals surface area contributed by atoms with Crippen molar-refractivity contribution >= 4 is 0 Å². The third-order valence-electron chi connectivity index (χ3n) is 3.98. The first-order valence-electron chi connectivity index (χ1n) is 7.24. The van der Waals surface area contributed by atoms with Crippen molar-refractivity contribution in [2.45, 2.75) is 65.2 Å². The molecule has 0 aliphatic carbocycles. The van der Waals surface area contributed by atoms with Crippen LogP contribution in [0.15, 0.2) is 16.5 Å². The average molecular weight is 250 g/mol. The molecule has 1 saturated heterocycles. The van der Waals surface area contributed by atoms with Crippen LogP contribution in [0.25, 0.3) is 0 Å². The summed E-state index contributed by atoms with van der Waals surface area (Å²) in [6, 6.07) is 5.57. The van der Waals surface area contributed by atoms with E-state index in [1.807, 2.05) is 0 Å². The molecule has 1 N–H and O–H groups in total. The lowest BCUT2D eigenvalue weighted by atomic mass is 9.97. The van der Waals surface area contributed by atoms with Gasteiger partial charge in [-0.2, -0.15) is 0 Å². The zero-order valence-corrected chi connectivity index (χ0v) is 11.9. The lowest BCUT2D eigenvalue weighted by molar-refractivity contribution is 0.0866. The van der Waals surface area contributed by atoms with Gasteiger partial charge in [-0.15, -0.1) is 0 Å². The molecule has 1 aliphatic rings. The van der Waals surface area contributed by atoms with Gasteiger partial charge in [0.15, 0.2) is 0 Å². The molecule has 3 heteroatoms. The van der Waals surface area contributed by atoms with E-state index in [0.29, 0.717) is 12.1 Å². The SMILES string of the molecule is CCNCc1ccc(CN2C(C)CCCC2C)o1. The fourth-order valence-corrected chi connectivity index (χ4v) is 2.82. The zero-order chi connectivity index (χ0) is 13.0. The van der Waals surface area contributed by atoms with Crippen LogP contribution in [0.2, 0.25) is 0 Å². The predicted octanol–water partition coefficient (Wildman–Crippen LogP) is 3.15. The second-order valence-electron chi connectivity index (χ2n) is 5.45. The maximum atomic E-state index is 5.88. The third kappa shape index (κ3) is 3.36. The first-order valence-corrected chi connectivity index (χ1v) is 7.24. The van der Waals surface area contributed by atoms with Crippen LogP contribution in [0.5, 0.6) is 0 Å². The topological polar surface area (TPSA) is 28.4 Å². The Balaban J connectivity index is 1.93. The van der Waals surface area contributed by atoms with E-state index in [1.54, 1.807) is 0 Å². The summed E-state index contributed by atoms with van der Waals surface area (Å²) in [6.07, 6.45) is 3.99. The van der Waals surface area contributed by atoms with Gasteiger partial charge < -0.3 is 9.73 Å². The molecule has 0 aromatic carbocycles. The molecule has 1 aromatic rings. The number of furan rings is 1. The number of piperidine rings is 1. The molecule has 0 amide bonds. The molecular formula is C15H26N2O. The van der Waals surface area contributed by atoms with Crippen molar-refractivity contribution in [2.75, 3.05) is 6.54 Å². The normalized spacial score (nSPS) is 25.5. The Morgan fingerprint density at radius 2 is 1.89 bits per heavy atom. The fourth-order valence-electron chi connectivity index (χ4n) is 2.82. The van der Waals surface area contributed by atoms with Crippen LogP contribution < -0.4 is 5.32 Å². The van der Waals surface area contributed by atoms with Crippen molar-refractivity contribution in [3.8, 4) is 0 Å². The Morgan fingerprint density at radius 3 is 2.56 bits per heavy atom. The minimum Gasteiger partial charge on any atom is -0.463 e. The molecule has 0 bridgehead atoms. The van der Waals surface area contributed by atoms with Gasteiger partial charge in [-0.1, -0.05) is 13.3 Å². The Hall–Kier alpha value is -0.800. The predicted molar refractivity (Wildman–Crippen MR) is 74.4 cm³/mol. The number of nitrogens with one attached hydrogen (secondary N) is 1. The smallest absolute Gasteiger partial charge is 0.118 e. The molecule has 2 heterocycles. The van der Waals surface area contributed by atoms with E-state index in [0.717, 1.165) is 31.2 Å². The highest BCUT2D eigenvalue weighted by molar-refractivity contribution is 5.07. The van der Waals surface area contributed by atoms with Crippen molar-refractivity contribution in [3.05, 3.63) is 23.7 Å². The van der Waals surface area contributed by atoms with E-state index in [1.165, 1.54) is 19.3 Å². The lowest BCUT2D eigenvalue weighted by Gasteiger charge is -2.38. The van der Waals surface area contributed by atoms with Crippen molar-refractivity contribution in [1.82, 2.24) is 10.2 Å². The summed E-state index contributed by atoms with van der Waals surface area (Å²) >= 11 is 0. The molecular weight excluding hydrogens is 224 g/mol. The molecule has 1 aliphatic heterocycles. The molecule has 18 heavy (non-hydrogen) atoms. The monoisotopic (exact) mass is 250 g/mol. The quantitative estimate of drug-likeness (QED) is 0.870. The Morgan fingerprint density at radius 1 is 1.22 bits per heavy atom. The molecule has 2 rings (SSSR count). The first-order chi connectivity index (χ1) is 8.70. The van der Waals surface area contributed by atoms with Crippen LogP contribution in [-0.4, -0.2) is 23.5 Å². The van der Waals surface area contributed by atoms with Crippen LogP contribution in [0.1, 0.15) is 51.6 Å². The third-order valence-corrected chi connectivity index (χ3v) is 3.98. The van der Waals surface area contributed by atoms with E-state index >= 15 is 0 Å². The Kier molecular flexibility index (Phi) is 4.84. The maximum Gasteiger partial charge on any atom is 0.118 e. The highest BCUT2D eigenvalue weighted by Gasteiger charge is 2.25. The van der Waals surface area contributed by atoms with Gasteiger partial charge >= 0.3 is 0 Å². The summed E-state index contributed by atoms with van der Waals surface area (Å²) in [5, 5.41) is 3.29. The summed E-state index contributed by atoms with van der Waals surface area (Å²) in [5.74, 6) is 2.15. The van der Waals surface area contributed by atoms with Gasteiger partial charge in [0.25, 0.3) is 0 Å². The van der Waals surface area contributed by atoms with E-state index in [4.69, 9.17) is 4.42 Å². The molecule has 2 atom stereocenters. The number of hydrogen-bond donors (Lipinski definition) is 1. The second-order valence-corrected chi connectivity index (χ2v) is 5.45. The number of likely N-dealkylation sites (tertiary alicyclic amines) is 1. The summed E-state index contributed by atoms with van der Waals surface area (Å²) in [4.78, 5) is 2.57. The molecule has 0 saturated carbocycles. The van der Waals surface area contributed by atoms with Crippen molar-refractivity contribution < 1.29 is 4.42 Å². The summed E-state index contributed by atoms with van der Waals surface area (Å²) in [5.41, 5.74) is 0. The molecule has 1 aromatic heterocycles. The van der Waals surface area contributed by atoms with Crippen LogP contribution in [0, 0.1) is 0 Å². The maximum absolute atomic E-state index is 5.88. The zero-order valence-electron chi connectivity index (χ0n) is 11.9. The van der Waals surface area contributed by atoms with Crippen LogP contribution in [0.3, 0.4) is 0 Å². The molecule has 2 unspecified atom stereocenters. The second kappa shape index (κ2) is 6.39. The van der Waals surface area contributed by atoms with Crippen LogP contribution >= 0.6 is 0 Å². The van der Waals surface area contributed by atoms with Crippen molar-refractivity contribution in [1.29, 1.82) is 0 Å². The van der Waals surface area contributed by atoms with Crippen LogP contribution in [0.4, 0.5) is 0 Å². The summed E-state index contributed by atoms with van der Waals surface area (Å²) < 4.78 is 5.88. The molecule has 102 valence electrons. The van der Waals surface area contributed by atoms with Crippen molar-refractivity contribution in [3.63, 3.8) is 0 Å². The minimum absolute atomic E-state index is 0.677. The van der Waals surface area contributed by atoms with Crippen LogP contribution in [-0.2, 0) is 13.1 Å². The van der Waals surface area contributed by atoms with E-state index < -0.39 is 0 Å². The van der Waals surface area contributed by atoms with E-state index in [2.05, 4.69) is 43.1 Å². The highest BCUT2D eigenvalue weighted by Crippen LogP contribution is 2.25. The Labute approximate surface area is 111 Å². The molecule has 0 spiro atoms. The minimum atomic E-state index is 0.677. The number of nitrogens with zero attached hydrogens (tertiary/aromatic N) is 1. The van der Waals surface area contributed by atoms with Gasteiger partial charge in [-0.05, 0) is 45.4 Å². The Bertz CT molecular complexity index is 351. The first kappa shape index (κ1) is 13.6. The van der Waals surface area contributed by atoms with Gasteiger partial charge in [0.2, 0.25) is 0 Å². The largest absolute Gasteiger partial charge is 0.463 e. The van der Waals surface area contributed by atoms with Gasteiger partial charge in [0, 0.05) is 12.1 Å². The standard InChI is InChI=1S/C15H26N2O/c1-4-16-10-14-8-9-15(18-14)11-17-12(2)6-5-7-13(17)3/h8-9,12-13,16H,4-7,10-11H2,1-3H3. The lowest BCUT2D eigenvalue weighted by Crippen LogP contribution is -2.42. The van der Waals surface area contributed by atoms with E-state index in [-0.39, 0.29) is 0 Å².